The Hall–Kier alpha value is -1.21. The Morgan fingerprint density at radius 1 is 1.43 bits per heavy atom. The number of carbonyl (C=O) groups excluding carboxylic acids is 1. The maximum Gasteiger partial charge on any atom is 0.294 e. The van der Waals surface area contributed by atoms with E-state index in [0.29, 0.717) is 12.8 Å². The van der Waals surface area contributed by atoms with Gasteiger partial charge in [-0.15, -0.1) is 10.1 Å². The molecule has 0 aliphatic rings. The molecule has 0 fully saturated rings. The molecule has 0 aliphatic heterocycles. The standard InChI is InChI=1S/C6H11NO4.CH5NO/c8-5-3-1-2-4-6-11-7(9)10;1-3-2/h5H,1-4,6H2;2H2,1H3. The van der Waals surface area contributed by atoms with Crippen LogP contribution in [0.25, 0.3) is 0 Å². The largest absolute Gasteiger partial charge is 0.314 e. The number of nitrogens with zero attached hydrogens (tertiary/aromatic N) is 1. The quantitative estimate of drug-likeness (QED) is 0.282. The lowest BCUT2D eigenvalue weighted by Gasteiger charge is -1.96. The van der Waals surface area contributed by atoms with Gasteiger partial charge >= 0.3 is 0 Å². The van der Waals surface area contributed by atoms with Gasteiger partial charge in [-0.25, -0.2) is 5.90 Å². The van der Waals surface area contributed by atoms with E-state index in [1.165, 1.54) is 7.11 Å². The molecule has 0 bridgehead atoms. The minimum absolute atomic E-state index is 0.131. The van der Waals surface area contributed by atoms with E-state index in [2.05, 4.69) is 15.6 Å². The van der Waals surface area contributed by atoms with Gasteiger partial charge in [0.2, 0.25) is 0 Å². The third-order valence-corrected chi connectivity index (χ3v) is 1.16. The summed E-state index contributed by atoms with van der Waals surface area (Å²) < 4.78 is 0. The van der Waals surface area contributed by atoms with Gasteiger partial charge in [-0.2, -0.15) is 0 Å². The maximum absolute atomic E-state index is 9.81. The second kappa shape index (κ2) is 14.3. The predicted molar refractivity (Wildman–Crippen MR) is 48.7 cm³/mol. The van der Waals surface area contributed by atoms with Gasteiger partial charge in [0, 0.05) is 6.42 Å². The van der Waals surface area contributed by atoms with Gasteiger partial charge in [0.05, 0.1) is 13.7 Å². The molecule has 7 nitrogen and oxygen atoms in total. The van der Waals surface area contributed by atoms with Gasteiger partial charge in [-0.05, 0) is 12.8 Å². The highest BCUT2D eigenvalue weighted by Crippen LogP contribution is 1.97. The number of rotatable bonds is 7. The highest BCUT2D eigenvalue weighted by molar-refractivity contribution is 5.48. The van der Waals surface area contributed by atoms with Crippen molar-refractivity contribution >= 4 is 6.29 Å². The molecule has 0 heterocycles. The van der Waals surface area contributed by atoms with Crippen LogP contribution in [0.4, 0.5) is 0 Å². The summed E-state index contributed by atoms with van der Waals surface area (Å²) in [4.78, 5) is 27.2. The number of unbranched alkanes of at least 4 members (excludes halogenated alkanes) is 3. The van der Waals surface area contributed by atoms with E-state index >= 15 is 0 Å². The molecule has 0 aliphatic carbocycles. The average molecular weight is 208 g/mol. The Bertz CT molecular complexity index is 142. The van der Waals surface area contributed by atoms with E-state index in [4.69, 9.17) is 0 Å². The monoisotopic (exact) mass is 208 g/mol. The van der Waals surface area contributed by atoms with Crippen molar-refractivity contribution in [2.24, 2.45) is 5.90 Å². The van der Waals surface area contributed by atoms with Crippen molar-refractivity contribution in [2.45, 2.75) is 25.7 Å². The molecule has 0 aromatic carbocycles. The summed E-state index contributed by atoms with van der Waals surface area (Å²) in [6, 6.07) is 0. The summed E-state index contributed by atoms with van der Waals surface area (Å²) in [7, 11) is 1.40. The summed E-state index contributed by atoms with van der Waals surface area (Å²) in [6.45, 7) is 0.131. The molecule has 0 radical (unpaired) electrons. The first-order valence-corrected chi connectivity index (χ1v) is 4.12. The molecule has 14 heavy (non-hydrogen) atoms. The molecule has 7 heteroatoms. The number of carbonyl (C=O) groups is 1. The van der Waals surface area contributed by atoms with Crippen LogP contribution in [0.2, 0.25) is 0 Å². The molecule has 0 amide bonds. The second-order valence-electron chi connectivity index (χ2n) is 2.31. The fraction of sp³-hybridized carbons (Fsp3) is 0.857. The molecule has 0 saturated heterocycles. The van der Waals surface area contributed by atoms with Crippen LogP contribution in [0.5, 0.6) is 0 Å². The fourth-order valence-electron chi connectivity index (χ4n) is 0.646. The molecule has 0 rings (SSSR count). The molecular formula is C7H16N2O5. The molecule has 0 saturated carbocycles. The second-order valence-corrected chi connectivity index (χ2v) is 2.31. The molecule has 0 atom stereocenters. The lowest BCUT2D eigenvalue weighted by molar-refractivity contribution is -0.757. The van der Waals surface area contributed by atoms with E-state index in [1.54, 1.807) is 0 Å². The molecule has 0 aromatic heterocycles. The summed E-state index contributed by atoms with van der Waals surface area (Å²) in [5.74, 6) is 4.35. The fourth-order valence-corrected chi connectivity index (χ4v) is 0.646. The van der Waals surface area contributed by atoms with E-state index in [9.17, 15) is 14.9 Å². The summed E-state index contributed by atoms with van der Waals surface area (Å²) in [5, 5.41) is 8.81. The van der Waals surface area contributed by atoms with E-state index in [1.807, 2.05) is 0 Å². The van der Waals surface area contributed by atoms with Crippen LogP contribution in [0.3, 0.4) is 0 Å². The number of nitrogens with two attached hydrogens (primary N) is 1. The van der Waals surface area contributed by atoms with Crippen molar-refractivity contribution in [2.75, 3.05) is 13.7 Å². The number of hydrogen-bond acceptors (Lipinski definition) is 6. The first-order chi connectivity index (χ1) is 6.68. The average Bonchev–Trinajstić information content (AvgIpc) is 2.12. The van der Waals surface area contributed by atoms with Crippen LogP contribution in [0.15, 0.2) is 0 Å². The Morgan fingerprint density at radius 3 is 2.43 bits per heavy atom. The molecule has 0 unspecified atom stereocenters. The van der Waals surface area contributed by atoms with Crippen LogP contribution in [0.1, 0.15) is 25.7 Å². The number of hydrogen-bond donors (Lipinski definition) is 1. The third kappa shape index (κ3) is 22.4. The molecule has 0 aromatic rings. The van der Waals surface area contributed by atoms with Gasteiger partial charge in [0.15, 0.2) is 0 Å². The van der Waals surface area contributed by atoms with Crippen molar-refractivity contribution in [3.8, 4) is 0 Å². The molecule has 0 spiro atoms. The van der Waals surface area contributed by atoms with Gasteiger partial charge in [-0.1, -0.05) is 6.42 Å². The van der Waals surface area contributed by atoms with Crippen LogP contribution < -0.4 is 5.90 Å². The van der Waals surface area contributed by atoms with E-state index in [0.717, 1.165) is 19.1 Å². The lowest BCUT2D eigenvalue weighted by atomic mass is 10.2. The smallest absolute Gasteiger partial charge is 0.294 e. The minimum atomic E-state index is -0.806. The van der Waals surface area contributed by atoms with Crippen LogP contribution >= 0.6 is 0 Å². The minimum Gasteiger partial charge on any atom is -0.314 e. The summed E-state index contributed by atoms with van der Waals surface area (Å²) in [6.07, 6.45) is 3.58. The maximum atomic E-state index is 9.81. The van der Waals surface area contributed by atoms with E-state index in [-0.39, 0.29) is 6.61 Å². The zero-order valence-corrected chi connectivity index (χ0v) is 8.18. The Labute approximate surface area is 82.2 Å². The molecule has 2 N–H and O–H groups in total. The van der Waals surface area contributed by atoms with Crippen molar-refractivity contribution in [3.05, 3.63) is 10.1 Å². The first kappa shape index (κ1) is 15.3. The van der Waals surface area contributed by atoms with Crippen LogP contribution in [-0.2, 0) is 14.5 Å². The Balaban J connectivity index is 0. The van der Waals surface area contributed by atoms with Crippen molar-refractivity contribution in [3.63, 3.8) is 0 Å². The zero-order valence-electron chi connectivity index (χ0n) is 8.18. The van der Waals surface area contributed by atoms with Crippen molar-refractivity contribution in [1.82, 2.24) is 0 Å². The topological polar surface area (TPSA) is 105 Å². The van der Waals surface area contributed by atoms with Crippen LogP contribution in [-0.4, -0.2) is 25.1 Å². The predicted octanol–water partition coefficient (Wildman–Crippen LogP) is 0.460. The Morgan fingerprint density at radius 2 is 2.00 bits per heavy atom. The van der Waals surface area contributed by atoms with Gasteiger partial charge in [0.25, 0.3) is 5.09 Å². The summed E-state index contributed by atoms with van der Waals surface area (Å²) >= 11 is 0. The molecular weight excluding hydrogens is 192 g/mol. The highest BCUT2D eigenvalue weighted by atomic mass is 16.9. The highest BCUT2D eigenvalue weighted by Gasteiger charge is 1.93. The van der Waals surface area contributed by atoms with Crippen molar-refractivity contribution < 1.29 is 19.6 Å². The first-order valence-electron chi connectivity index (χ1n) is 4.12. The lowest BCUT2D eigenvalue weighted by Crippen LogP contribution is -2.01. The molecule has 84 valence electrons. The summed E-state index contributed by atoms with van der Waals surface area (Å²) in [5.41, 5.74) is 0. The normalized spacial score (nSPS) is 8.43. The van der Waals surface area contributed by atoms with Gasteiger partial charge in [-0.3, -0.25) is 0 Å². The van der Waals surface area contributed by atoms with Crippen LogP contribution in [0, 0.1) is 10.1 Å². The van der Waals surface area contributed by atoms with Crippen molar-refractivity contribution in [1.29, 1.82) is 0 Å². The SMILES string of the molecule is CON.O=CCCCCCO[N+](=O)[O-]. The van der Waals surface area contributed by atoms with E-state index < -0.39 is 5.09 Å². The third-order valence-electron chi connectivity index (χ3n) is 1.16. The number of aldehydes is 1. The zero-order chi connectivity index (χ0) is 11.2. The van der Waals surface area contributed by atoms with Gasteiger partial charge < -0.3 is 14.5 Å². The van der Waals surface area contributed by atoms with Gasteiger partial charge in [0.1, 0.15) is 6.29 Å². The Kier molecular flexibility index (Phi) is 15.6.